The molecule has 0 spiro atoms. The number of carbonyl (C=O) groups excluding carboxylic acids is 4. The summed E-state index contributed by atoms with van der Waals surface area (Å²) in [5.41, 5.74) is 0.457. The molecule has 6 heteroatoms. The molecule has 0 fully saturated rings. The van der Waals surface area contributed by atoms with Gasteiger partial charge in [-0.05, 0) is 0 Å². The molecule has 0 heterocycles. The van der Waals surface area contributed by atoms with E-state index in [9.17, 15) is 24.3 Å². The van der Waals surface area contributed by atoms with E-state index in [2.05, 4.69) is 0 Å². The van der Waals surface area contributed by atoms with E-state index in [1.54, 1.807) is 24.3 Å². The van der Waals surface area contributed by atoms with Crippen molar-refractivity contribution in [2.24, 2.45) is 0 Å². The molecule has 0 aliphatic heterocycles. The third kappa shape index (κ3) is 2.20. The van der Waals surface area contributed by atoms with Gasteiger partial charge in [-0.25, -0.2) is 0 Å². The highest BCUT2D eigenvalue weighted by atomic mass is 16.5. The topological polar surface area (TPSA) is 97.7 Å². The molecule has 0 saturated carbocycles. The van der Waals surface area contributed by atoms with Crippen LogP contribution in [0.3, 0.4) is 0 Å². The van der Waals surface area contributed by atoms with Gasteiger partial charge in [-0.2, -0.15) is 0 Å². The Kier molecular flexibility index (Phi) is 3.40. The van der Waals surface area contributed by atoms with E-state index < -0.39 is 40.4 Å². The second kappa shape index (κ2) is 5.63. The molecule has 126 valence electrons. The highest BCUT2D eigenvalue weighted by Crippen LogP contribution is 2.29. The molecule has 0 saturated heterocycles. The van der Waals surface area contributed by atoms with Crippen LogP contribution in [-0.2, 0) is 4.74 Å². The summed E-state index contributed by atoms with van der Waals surface area (Å²) in [6, 6.07) is 12.1. The number of Topliss-reactive ketones (excluding diaryl/α,β-unsaturated/α-hetero) is 3. The summed E-state index contributed by atoms with van der Waals surface area (Å²) < 4.78 is 5.27. The van der Waals surface area contributed by atoms with Crippen molar-refractivity contribution in [1.82, 2.24) is 0 Å². The molecule has 0 aromatic heterocycles. The van der Waals surface area contributed by atoms with Crippen molar-refractivity contribution in [2.75, 3.05) is 0 Å². The van der Waals surface area contributed by atoms with Gasteiger partial charge < -0.3 is 9.84 Å². The van der Waals surface area contributed by atoms with Crippen LogP contribution in [0.1, 0.15) is 41.4 Å². The second-order valence-electron chi connectivity index (χ2n) is 5.73. The highest BCUT2D eigenvalue weighted by molar-refractivity contribution is 6.27. The minimum Gasteiger partial charge on any atom is -0.501 e. The van der Waals surface area contributed by atoms with Crippen LogP contribution in [0, 0.1) is 0 Å². The van der Waals surface area contributed by atoms with Crippen LogP contribution >= 0.6 is 0 Å². The van der Waals surface area contributed by atoms with Crippen LogP contribution in [0.5, 0.6) is 0 Å². The van der Waals surface area contributed by atoms with E-state index in [1.807, 2.05) is 0 Å². The predicted octanol–water partition coefficient (Wildman–Crippen LogP) is 2.81. The molecule has 2 aliphatic rings. The van der Waals surface area contributed by atoms with Crippen LogP contribution in [-0.4, -0.2) is 28.2 Å². The van der Waals surface area contributed by atoms with E-state index in [-0.39, 0.29) is 22.3 Å². The molecule has 2 aromatic carbocycles. The summed E-state index contributed by atoms with van der Waals surface area (Å²) in [6.07, 6.45) is 0.948. The lowest BCUT2D eigenvalue weighted by atomic mass is 9.91. The Hall–Kier alpha value is -3.80. The second-order valence-corrected chi connectivity index (χ2v) is 5.73. The van der Waals surface area contributed by atoms with Gasteiger partial charge in [0, 0.05) is 28.3 Å². The van der Waals surface area contributed by atoms with Gasteiger partial charge in [0.1, 0.15) is 0 Å². The standard InChI is InChI=1S/C20H10O6/c21-14-9-15(16(22)11-6-2-1-5-10(11)14)26-20-18(24)13-8-4-3-7-12(13)17(23)19(20)25/h1-9,25H. The maximum Gasteiger partial charge on any atom is 0.232 e. The van der Waals surface area contributed by atoms with E-state index in [0.29, 0.717) is 0 Å². The first kappa shape index (κ1) is 15.7. The first-order valence-electron chi connectivity index (χ1n) is 7.68. The van der Waals surface area contributed by atoms with E-state index in [1.165, 1.54) is 24.3 Å². The number of benzene rings is 2. The Bertz CT molecular complexity index is 1090. The first-order chi connectivity index (χ1) is 12.5. The van der Waals surface area contributed by atoms with Crippen molar-refractivity contribution in [2.45, 2.75) is 0 Å². The van der Waals surface area contributed by atoms with Crippen LogP contribution in [0.4, 0.5) is 0 Å². The van der Waals surface area contributed by atoms with Crippen molar-refractivity contribution in [3.63, 3.8) is 0 Å². The van der Waals surface area contributed by atoms with E-state index in [0.717, 1.165) is 6.08 Å². The van der Waals surface area contributed by atoms with Crippen LogP contribution in [0.25, 0.3) is 0 Å². The number of ether oxygens (including phenoxy) is 1. The average molecular weight is 346 g/mol. The zero-order valence-electron chi connectivity index (χ0n) is 13.2. The summed E-state index contributed by atoms with van der Waals surface area (Å²) in [5.74, 6) is -4.58. The van der Waals surface area contributed by atoms with Crippen molar-refractivity contribution < 1.29 is 29.0 Å². The Morgan fingerprint density at radius 1 is 0.654 bits per heavy atom. The molecule has 6 nitrogen and oxygen atoms in total. The van der Waals surface area contributed by atoms with E-state index >= 15 is 0 Å². The number of aliphatic hydroxyl groups is 1. The summed E-state index contributed by atoms with van der Waals surface area (Å²) in [7, 11) is 0. The van der Waals surface area contributed by atoms with Crippen molar-refractivity contribution in [1.29, 1.82) is 0 Å². The molecule has 0 bridgehead atoms. The molecule has 0 radical (unpaired) electrons. The number of hydrogen-bond donors (Lipinski definition) is 1. The molecule has 2 aliphatic carbocycles. The zero-order valence-corrected chi connectivity index (χ0v) is 13.2. The molecule has 1 N–H and O–H groups in total. The van der Waals surface area contributed by atoms with Gasteiger partial charge in [0.15, 0.2) is 11.5 Å². The number of rotatable bonds is 2. The fourth-order valence-electron chi connectivity index (χ4n) is 2.91. The fourth-order valence-corrected chi connectivity index (χ4v) is 2.91. The Morgan fingerprint density at radius 2 is 1.15 bits per heavy atom. The maximum atomic E-state index is 12.6. The fraction of sp³-hybridized carbons (Fsp3) is 0. The molecular weight excluding hydrogens is 336 g/mol. The van der Waals surface area contributed by atoms with Crippen LogP contribution in [0.15, 0.2) is 71.9 Å². The van der Waals surface area contributed by atoms with Crippen molar-refractivity contribution >= 4 is 23.1 Å². The molecule has 0 atom stereocenters. The summed E-state index contributed by atoms with van der Waals surface area (Å²) in [6.45, 7) is 0. The molecule has 0 amide bonds. The van der Waals surface area contributed by atoms with Gasteiger partial charge in [-0.15, -0.1) is 0 Å². The van der Waals surface area contributed by atoms with Crippen LogP contribution in [0.2, 0.25) is 0 Å². The number of ketones is 4. The SMILES string of the molecule is O=C1C=C(OC2=C(O)C(=O)c3ccccc3C2=O)C(=O)c2ccccc21. The third-order valence-corrected chi connectivity index (χ3v) is 4.19. The molecule has 4 rings (SSSR count). The zero-order chi connectivity index (χ0) is 18.4. The predicted molar refractivity (Wildman–Crippen MR) is 89.0 cm³/mol. The molecule has 0 unspecified atom stereocenters. The van der Waals surface area contributed by atoms with Crippen molar-refractivity contribution in [3.05, 3.63) is 94.1 Å². The quantitative estimate of drug-likeness (QED) is 0.898. The van der Waals surface area contributed by atoms with E-state index in [4.69, 9.17) is 4.74 Å². The van der Waals surface area contributed by atoms with Gasteiger partial charge >= 0.3 is 0 Å². The Labute approximate surface area is 147 Å². The lowest BCUT2D eigenvalue weighted by Crippen LogP contribution is -2.26. The number of fused-ring (bicyclic) bond motifs is 2. The number of carbonyl (C=O) groups is 4. The monoisotopic (exact) mass is 346 g/mol. The van der Waals surface area contributed by atoms with Gasteiger partial charge in [0.2, 0.25) is 28.9 Å². The molecular formula is C20H10O6. The van der Waals surface area contributed by atoms with Crippen LogP contribution < -0.4 is 0 Å². The largest absolute Gasteiger partial charge is 0.501 e. The normalized spacial score (nSPS) is 16.2. The number of aliphatic hydroxyl groups excluding tert-OH is 1. The lowest BCUT2D eigenvalue weighted by molar-refractivity contribution is 0.0818. The first-order valence-corrected chi connectivity index (χ1v) is 7.68. The maximum absolute atomic E-state index is 12.6. The lowest BCUT2D eigenvalue weighted by Gasteiger charge is -2.20. The molecule has 26 heavy (non-hydrogen) atoms. The summed E-state index contributed by atoms with van der Waals surface area (Å²) >= 11 is 0. The minimum atomic E-state index is -0.895. The van der Waals surface area contributed by atoms with Gasteiger partial charge in [0.05, 0.1) is 0 Å². The van der Waals surface area contributed by atoms with Gasteiger partial charge in [-0.3, -0.25) is 19.2 Å². The minimum absolute atomic E-state index is 0.0488. The molecule has 2 aromatic rings. The highest BCUT2D eigenvalue weighted by Gasteiger charge is 2.36. The summed E-state index contributed by atoms with van der Waals surface area (Å²) in [4.78, 5) is 49.5. The Balaban J connectivity index is 1.76. The summed E-state index contributed by atoms with van der Waals surface area (Å²) in [5, 5.41) is 10.1. The number of allylic oxidation sites excluding steroid dienone is 4. The smallest absolute Gasteiger partial charge is 0.232 e. The van der Waals surface area contributed by atoms with Gasteiger partial charge in [0.25, 0.3) is 0 Å². The average Bonchev–Trinajstić information content (AvgIpc) is 2.67. The number of hydrogen-bond acceptors (Lipinski definition) is 6. The Morgan fingerprint density at radius 3 is 1.77 bits per heavy atom. The third-order valence-electron chi connectivity index (χ3n) is 4.19. The van der Waals surface area contributed by atoms with Crippen molar-refractivity contribution in [3.8, 4) is 0 Å². The van der Waals surface area contributed by atoms with Gasteiger partial charge in [-0.1, -0.05) is 48.5 Å².